The molecule has 0 aromatic heterocycles. The lowest BCUT2D eigenvalue weighted by Crippen LogP contribution is -2.53. The van der Waals surface area contributed by atoms with Crippen molar-refractivity contribution in [3.63, 3.8) is 0 Å². The van der Waals surface area contributed by atoms with Gasteiger partial charge in [-0.25, -0.2) is 10.9 Å². The summed E-state index contributed by atoms with van der Waals surface area (Å²) in [5, 5.41) is 1.90. The average Bonchev–Trinajstić information content (AvgIpc) is 2.00. The van der Waals surface area contributed by atoms with Crippen molar-refractivity contribution in [1.29, 1.82) is 0 Å². The van der Waals surface area contributed by atoms with Gasteiger partial charge in [-0.05, 0) is 6.42 Å². The summed E-state index contributed by atoms with van der Waals surface area (Å²) in [7, 11) is 3.74. The van der Waals surface area contributed by atoms with Crippen molar-refractivity contribution >= 4 is 0 Å². The summed E-state index contributed by atoms with van der Waals surface area (Å²) < 4.78 is 0. The number of rotatable bonds is 5. The van der Waals surface area contributed by atoms with Crippen molar-refractivity contribution in [2.75, 3.05) is 20.6 Å². The van der Waals surface area contributed by atoms with Crippen molar-refractivity contribution in [3.05, 3.63) is 0 Å². The Morgan fingerprint density at radius 2 is 1.90 bits per heavy atom. The van der Waals surface area contributed by atoms with E-state index in [1.165, 1.54) is 0 Å². The Kier molecular flexibility index (Phi) is 5.52. The van der Waals surface area contributed by atoms with Crippen LogP contribution in [0.4, 0.5) is 0 Å². The molecule has 0 aliphatic heterocycles. The van der Waals surface area contributed by atoms with Gasteiger partial charge >= 0.3 is 0 Å². The van der Waals surface area contributed by atoms with Crippen molar-refractivity contribution in [2.24, 2.45) is 5.73 Å². The molecule has 1 unspecified atom stereocenters. The predicted molar refractivity (Wildman–Crippen MR) is 43.1 cm³/mol. The highest BCUT2D eigenvalue weighted by molar-refractivity contribution is 4.62. The van der Waals surface area contributed by atoms with Crippen LogP contribution >= 0.6 is 0 Å². The maximum absolute atomic E-state index is 5.51. The fourth-order valence-electron chi connectivity index (χ4n) is 0.932. The van der Waals surface area contributed by atoms with Crippen LogP contribution in [0.15, 0.2) is 0 Å². The molecule has 0 rings (SSSR count). The third kappa shape index (κ3) is 2.62. The Bertz CT molecular complexity index is 58.1. The molecule has 0 aliphatic carbocycles. The zero-order valence-electron chi connectivity index (χ0n) is 7.02. The van der Waals surface area contributed by atoms with Crippen LogP contribution in [-0.4, -0.2) is 31.8 Å². The average molecular weight is 146 g/mol. The van der Waals surface area contributed by atoms with E-state index in [1.807, 2.05) is 19.2 Å². The predicted octanol–water partition coefficient (Wildman–Crippen LogP) is -0.705. The van der Waals surface area contributed by atoms with E-state index in [2.05, 4.69) is 17.8 Å². The molecular formula is C6H18N4. The molecular weight excluding hydrogens is 128 g/mol. The van der Waals surface area contributed by atoms with Gasteiger partial charge < -0.3 is 5.73 Å². The van der Waals surface area contributed by atoms with E-state index in [4.69, 9.17) is 5.73 Å². The highest BCUT2D eigenvalue weighted by Gasteiger charge is 2.10. The smallest absolute Gasteiger partial charge is 0.0519 e. The van der Waals surface area contributed by atoms with Gasteiger partial charge in [0.05, 0.1) is 6.04 Å². The Labute approximate surface area is 62.7 Å². The third-order valence-electron chi connectivity index (χ3n) is 1.59. The highest BCUT2D eigenvalue weighted by Crippen LogP contribution is 1.93. The first-order valence-electron chi connectivity index (χ1n) is 3.64. The lowest BCUT2D eigenvalue weighted by atomic mass is 10.2. The molecule has 0 saturated heterocycles. The zero-order chi connectivity index (χ0) is 7.98. The molecule has 0 spiro atoms. The molecule has 4 N–H and O–H groups in total. The van der Waals surface area contributed by atoms with Gasteiger partial charge in [-0.1, -0.05) is 6.92 Å². The zero-order valence-corrected chi connectivity index (χ0v) is 7.02. The summed E-state index contributed by atoms with van der Waals surface area (Å²) in [5.41, 5.74) is 11.5. The van der Waals surface area contributed by atoms with Crippen LogP contribution in [0.2, 0.25) is 0 Å². The molecule has 62 valence electrons. The summed E-state index contributed by atoms with van der Waals surface area (Å²) in [6.45, 7) is 2.78. The number of nitrogens with zero attached hydrogens (tertiary/aromatic N) is 1. The minimum atomic E-state index is 0.370. The monoisotopic (exact) mass is 146 g/mol. The fraction of sp³-hybridized carbons (Fsp3) is 1.00. The maximum Gasteiger partial charge on any atom is 0.0519 e. The first kappa shape index (κ1) is 9.84. The fourth-order valence-corrected chi connectivity index (χ4v) is 0.932. The summed E-state index contributed by atoms with van der Waals surface area (Å²) in [5.74, 6) is 0. The molecule has 0 fully saturated rings. The van der Waals surface area contributed by atoms with Gasteiger partial charge in [0.15, 0.2) is 0 Å². The first-order chi connectivity index (χ1) is 4.79. The minimum Gasteiger partial charge on any atom is -0.329 e. The van der Waals surface area contributed by atoms with Crippen LogP contribution in [0.3, 0.4) is 0 Å². The Morgan fingerprint density at radius 1 is 1.40 bits per heavy atom. The lowest BCUT2D eigenvalue weighted by Gasteiger charge is -2.27. The van der Waals surface area contributed by atoms with E-state index in [0.717, 1.165) is 6.42 Å². The number of hydrazine groups is 2. The van der Waals surface area contributed by atoms with Gasteiger partial charge in [0, 0.05) is 20.6 Å². The molecule has 0 saturated carbocycles. The van der Waals surface area contributed by atoms with Crippen molar-refractivity contribution in [2.45, 2.75) is 19.4 Å². The van der Waals surface area contributed by atoms with Gasteiger partial charge in [-0.3, -0.25) is 0 Å². The normalized spacial score (nSPS) is 14.1. The van der Waals surface area contributed by atoms with E-state index < -0.39 is 0 Å². The van der Waals surface area contributed by atoms with Gasteiger partial charge in [-0.15, -0.1) is 0 Å². The second-order valence-electron chi connectivity index (χ2n) is 2.11. The number of nitrogens with one attached hydrogen (secondary N) is 2. The van der Waals surface area contributed by atoms with Crippen LogP contribution in [0, 0.1) is 0 Å². The van der Waals surface area contributed by atoms with E-state index in [0.29, 0.717) is 12.6 Å². The lowest BCUT2D eigenvalue weighted by molar-refractivity contribution is 0.0845. The van der Waals surface area contributed by atoms with Crippen LogP contribution in [0.5, 0.6) is 0 Å². The van der Waals surface area contributed by atoms with Crippen LogP contribution in [0.25, 0.3) is 0 Å². The molecule has 0 heterocycles. The van der Waals surface area contributed by atoms with E-state index in [9.17, 15) is 0 Å². The van der Waals surface area contributed by atoms with E-state index >= 15 is 0 Å². The first-order valence-corrected chi connectivity index (χ1v) is 3.64. The number of hydrogen-bond acceptors (Lipinski definition) is 4. The number of hydrogen-bond donors (Lipinski definition) is 3. The molecule has 0 aliphatic rings. The summed E-state index contributed by atoms with van der Waals surface area (Å²) in [6, 6.07) is 0.370. The SMILES string of the molecule is CCC(CN)N(NC)NC. The molecule has 0 aromatic carbocycles. The molecule has 0 aromatic rings. The van der Waals surface area contributed by atoms with Crippen LogP contribution in [-0.2, 0) is 0 Å². The van der Waals surface area contributed by atoms with Gasteiger partial charge in [0.1, 0.15) is 0 Å². The molecule has 4 nitrogen and oxygen atoms in total. The second-order valence-corrected chi connectivity index (χ2v) is 2.11. The van der Waals surface area contributed by atoms with E-state index in [-0.39, 0.29) is 0 Å². The Hall–Kier alpha value is -0.160. The molecule has 4 heteroatoms. The summed E-state index contributed by atoms with van der Waals surface area (Å²) in [4.78, 5) is 0. The number of nitrogens with two attached hydrogens (primary N) is 1. The molecule has 1 atom stereocenters. The standard InChI is InChI=1S/C6H18N4/c1-4-6(5-7)10(8-2)9-3/h6,8-9H,4-5,7H2,1-3H3. The Balaban J connectivity index is 3.70. The van der Waals surface area contributed by atoms with Crippen LogP contribution < -0.4 is 16.6 Å². The largest absolute Gasteiger partial charge is 0.329 e. The molecule has 10 heavy (non-hydrogen) atoms. The topological polar surface area (TPSA) is 53.3 Å². The molecule has 0 radical (unpaired) electrons. The molecule has 0 amide bonds. The summed E-state index contributed by atoms with van der Waals surface area (Å²) >= 11 is 0. The maximum atomic E-state index is 5.51. The minimum absolute atomic E-state index is 0.370. The van der Waals surface area contributed by atoms with Gasteiger partial charge in [0.25, 0.3) is 0 Å². The van der Waals surface area contributed by atoms with E-state index in [1.54, 1.807) is 0 Å². The van der Waals surface area contributed by atoms with Crippen molar-refractivity contribution < 1.29 is 0 Å². The van der Waals surface area contributed by atoms with Gasteiger partial charge in [-0.2, -0.15) is 5.12 Å². The highest BCUT2D eigenvalue weighted by atomic mass is 15.7. The third-order valence-corrected chi connectivity index (χ3v) is 1.59. The Morgan fingerprint density at radius 3 is 2.00 bits per heavy atom. The quantitative estimate of drug-likeness (QED) is 0.449. The summed E-state index contributed by atoms with van der Waals surface area (Å²) in [6.07, 6.45) is 1.04. The van der Waals surface area contributed by atoms with Crippen molar-refractivity contribution in [3.8, 4) is 0 Å². The second kappa shape index (κ2) is 5.61. The van der Waals surface area contributed by atoms with Gasteiger partial charge in [0.2, 0.25) is 0 Å². The van der Waals surface area contributed by atoms with Crippen molar-refractivity contribution in [1.82, 2.24) is 16.0 Å². The van der Waals surface area contributed by atoms with Crippen LogP contribution in [0.1, 0.15) is 13.3 Å². The molecule has 0 bridgehead atoms.